The second-order valence-electron chi connectivity index (χ2n) is 5.20. The molecule has 2 N–H and O–H groups in total. The summed E-state index contributed by atoms with van der Waals surface area (Å²) >= 11 is 0. The summed E-state index contributed by atoms with van der Waals surface area (Å²) in [7, 11) is 0. The number of carbonyl (C=O) groups is 1. The molecule has 4 nitrogen and oxygen atoms in total. The Balaban J connectivity index is 1.59. The number of halogens is 1. The lowest BCUT2D eigenvalue weighted by Gasteiger charge is -2.08. The molecule has 0 fully saturated rings. The van der Waals surface area contributed by atoms with Crippen molar-refractivity contribution in [1.82, 2.24) is 4.98 Å². The lowest BCUT2D eigenvalue weighted by molar-refractivity contribution is 0.102. The van der Waals surface area contributed by atoms with Gasteiger partial charge in [0.05, 0.1) is 11.9 Å². The van der Waals surface area contributed by atoms with Crippen LogP contribution >= 0.6 is 0 Å². The van der Waals surface area contributed by atoms with Gasteiger partial charge in [0, 0.05) is 17.7 Å². The first-order valence-electron chi connectivity index (χ1n) is 7.52. The average Bonchev–Trinajstić information content (AvgIpc) is 2.63. The number of amides is 1. The van der Waals surface area contributed by atoms with Crippen LogP contribution in [0.1, 0.15) is 15.9 Å². The molecule has 5 heteroatoms. The van der Waals surface area contributed by atoms with E-state index >= 15 is 0 Å². The number of carbonyl (C=O) groups excluding carboxylic acids is 1. The molecule has 0 unspecified atom stereocenters. The van der Waals surface area contributed by atoms with Crippen molar-refractivity contribution in [3.63, 3.8) is 0 Å². The Hall–Kier alpha value is -3.21. The Labute approximate surface area is 139 Å². The second-order valence-corrected chi connectivity index (χ2v) is 5.20. The lowest BCUT2D eigenvalue weighted by atomic mass is 10.2. The number of hydrogen-bond acceptors (Lipinski definition) is 3. The normalized spacial score (nSPS) is 10.2. The predicted molar refractivity (Wildman–Crippen MR) is 92.4 cm³/mol. The summed E-state index contributed by atoms with van der Waals surface area (Å²) in [6, 6.07) is 19.0. The molecular formula is C19H16FN3O. The van der Waals surface area contributed by atoms with E-state index in [2.05, 4.69) is 15.6 Å². The van der Waals surface area contributed by atoms with Crippen LogP contribution in [-0.4, -0.2) is 10.9 Å². The van der Waals surface area contributed by atoms with Crippen LogP contribution in [0.15, 0.2) is 72.9 Å². The van der Waals surface area contributed by atoms with E-state index in [0.29, 0.717) is 29.2 Å². The molecular weight excluding hydrogens is 305 g/mol. The molecule has 0 radical (unpaired) electrons. The maximum absolute atomic E-state index is 13.6. The van der Waals surface area contributed by atoms with Gasteiger partial charge in [0.25, 0.3) is 5.91 Å². The van der Waals surface area contributed by atoms with Crippen molar-refractivity contribution >= 4 is 17.4 Å². The minimum absolute atomic E-state index is 0.190. The van der Waals surface area contributed by atoms with Crippen LogP contribution in [0.3, 0.4) is 0 Å². The Kier molecular flexibility index (Phi) is 4.81. The Morgan fingerprint density at radius 3 is 2.42 bits per heavy atom. The van der Waals surface area contributed by atoms with Crippen LogP contribution in [0.5, 0.6) is 0 Å². The van der Waals surface area contributed by atoms with Crippen LogP contribution in [0.4, 0.5) is 15.9 Å². The number of hydrogen-bond donors (Lipinski definition) is 2. The number of pyridine rings is 1. The van der Waals surface area contributed by atoms with Gasteiger partial charge in [-0.2, -0.15) is 0 Å². The van der Waals surface area contributed by atoms with E-state index in [-0.39, 0.29) is 11.7 Å². The van der Waals surface area contributed by atoms with Crippen molar-refractivity contribution in [3.05, 3.63) is 89.9 Å². The van der Waals surface area contributed by atoms with E-state index in [1.165, 1.54) is 6.07 Å². The van der Waals surface area contributed by atoms with Crippen molar-refractivity contribution in [3.8, 4) is 0 Å². The van der Waals surface area contributed by atoms with Crippen molar-refractivity contribution < 1.29 is 9.18 Å². The highest BCUT2D eigenvalue weighted by Crippen LogP contribution is 2.13. The molecule has 0 saturated heterocycles. The topological polar surface area (TPSA) is 54.0 Å². The Bertz CT molecular complexity index is 820. The monoisotopic (exact) mass is 321 g/mol. The van der Waals surface area contributed by atoms with E-state index in [0.717, 1.165) is 0 Å². The first-order valence-corrected chi connectivity index (χ1v) is 7.52. The molecule has 0 aliphatic heterocycles. The van der Waals surface area contributed by atoms with Gasteiger partial charge < -0.3 is 10.6 Å². The average molecular weight is 321 g/mol. The molecule has 0 saturated carbocycles. The van der Waals surface area contributed by atoms with E-state index in [1.807, 2.05) is 18.2 Å². The quantitative estimate of drug-likeness (QED) is 0.744. The van der Waals surface area contributed by atoms with Gasteiger partial charge in [-0.3, -0.25) is 4.79 Å². The third-order valence-electron chi connectivity index (χ3n) is 3.48. The number of anilines is 2. The van der Waals surface area contributed by atoms with E-state index in [4.69, 9.17) is 0 Å². The zero-order chi connectivity index (χ0) is 16.8. The van der Waals surface area contributed by atoms with E-state index < -0.39 is 0 Å². The number of rotatable bonds is 5. The zero-order valence-electron chi connectivity index (χ0n) is 12.9. The molecule has 0 bridgehead atoms. The summed E-state index contributed by atoms with van der Waals surface area (Å²) in [4.78, 5) is 16.3. The number of nitrogens with one attached hydrogen (secondary N) is 2. The third-order valence-corrected chi connectivity index (χ3v) is 3.48. The van der Waals surface area contributed by atoms with Crippen LogP contribution < -0.4 is 10.6 Å². The van der Waals surface area contributed by atoms with Crippen molar-refractivity contribution in [2.24, 2.45) is 0 Å². The summed E-state index contributed by atoms with van der Waals surface area (Å²) < 4.78 is 13.6. The lowest BCUT2D eigenvalue weighted by Crippen LogP contribution is -2.12. The molecule has 120 valence electrons. The van der Waals surface area contributed by atoms with Crippen LogP contribution in [0.2, 0.25) is 0 Å². The highest BCUT2D eigenvalue weighted by atomic mass is 19.1. The maximum Gasteiger partial charge on any atom is 0.255 e. The fraction of sp³-hybridized carbons (Fsp3) is 0.0526. The fourth-order valence-electron chi connectivity index (χ4n) is 2.19. The molecule has 3 aromatic rings. The minimum atomic E-state index is -0.253. The van der Waals surface area contributed by atoms with E-state index in [1.54, 1.807) is 48.7 Å². The second kappa shape index (κ2) is 7.37. The predicted octanol–water partition coefficient (Wildman–Crippen LogP) is 4.09. The highest BCUT2D eigenvalue weighted by Gasteiger charge is 2.06. The number of benzene rings is 2. The largest absolute Gasteiger partial charge is 0.366 e. The summed E-state index contributed by atoms with van der Waals surface area (Å²) in [5.41, 5.74) is 1.75. The highest BCUT2D eigenvalue weighted by molar-refractivity contribution is 6.04. The van der Waals surface area contributed by atoms with Crippen molar-refractivity contribution in [2.45, 2.75) is 6.54 Å². The summed E-state index contributed by atoms with van der Waals surface area (Å²) in [5, 5.41) is 5.83. The van der Waals surface area contributed by atoms with Crippen LogP contribution in [0, 0.1) is 5.82 Å². The van der Waals surface area contributed by atoms with Gasteiger partial charge in [-0.05, 0) is 30.3 Å². The van der Waals surface area contributed by atoms with Crippen molar-refractivity contribution in [1.29, 1.82) is 0 Å². The molecule has 24 heavy (non-hydrogen) atoms. The van der Waals surface area contributed by atoms with Gasteiger partial charge in [-0.15, -0.1) is 0 Å². The van der Waals surface area contributed by atoms with Gasteiger partial charge in [0.1, 0.15) is 11.6 Å². The standard InChI is InChI=1S/C19H16FN3O/c20-17-9-5-4-8-15(17)12-21-18-11-10-16(13-22-18)23-19(24)14-6-2-1-3-7-14/h1-11,13H,12H2,(H,21,22)(H,23,24). The maximum atomic E-state index is 13.6. The van der Waals surface area contributed by atoms with Gasteiger partial charge in [-0.1, -0.05) is 36.4 Å². The molecule has 0 spiro atoms. The first-order chi connectivity index (χ1) is 11.7. The SMILES string of the molecule is O=C(Nc1ccc(NCc2ccccc2F)nc1)c1ccccc1. The molecule has 2 aromatic carbocycles. The zero-order valence-corrected chi connectivity index (χ0v) is 12.9. The smallest absolute Gasteiger partial charge is 0.255 e. The molecule has 1 aromatic heterocycles. The molecule has 0 aliphatic carbocycles. The molecule has 1 heterocycles. The first kappa shape index (κ1) is 15.7. The van der Waals surface area contributed by atoms with Crippen molar-refractivity contribution in [2.75, 3.05) is 10.6 Å². The van der Waals surface area contributed by atoms with Gasteiger partial charge >= 0.3 is 0 Å². The summed E-state index contributed by atoms with van der Waals surface area (Å²) in [6.45, 7) is 0.343. The summed E-state index contributed by atoms with van der Waals surface area (Å²) in [6.07, 6.45) is 1.56. The molecule has 3 rings (SSSR count). The van der Waals surface area contributed by atoms with Crippen LogP contribution in [-0.2, 0) is 6.54 Å². The number of aromatic nitrogens is 1. The van der Waals surface area contributed by atoms with Crippen LogP contribution in [0.25, 0.3) is 0 Å². The minimum Gasteiger partial charge on any atom is -0.366 e. The molecule has 1 amide bonds. The van der Waals surface area contributed by atoms with Gasteiger partial charge in [0.15, 0.2) is 0 Å². The Morgan fingerprint density at radius 2 is 1.71 bits per heavy atom. The van der Waals surface area contributed by atoms with Gasteiger partial charge in [0.2, 0.25) is 0 Å². The summed E-state index contributed by atoms with van der Waals surface area (Å²) in [5.74, 6) is 0.164. The van der Waals surface area contributed by atoms with Gasteiger partial charge in [-0.25, -0.2) is 9.37 Å². The molecule has 0 aliphatic rings. The third kappa shape index (κ3) is 3.95. The van der Waals surface area contributed by atoms with E-state index in [9.17, 15) is 9.18 Å². The Morgan fingerprint density at radius 1 is 0.958 bits per heavy atom. The fourth-order valence-corrected chi connectivity index (χ4v) is 2.19. The molecule has 0 atom stereocenters. The number of nitrogens with zero attached hydrogens (tertiary/aromatic N) is 1.